The average molecular weight is 521 g/mol. The number of aromatic amines is 2. The number of halogens is 1. The van der Waals surface area contributed by atoms with Gasteiger partial charge in [-0.15, -0.1) is 0 Å². The van der Waals surface area contributed by atoms with E-state index in [1.807, 2.05) is 43.5 Å². The topological polar surface area (TPSA) is 105 Å². The van der Waals surface area contributed by atoms with Crippen LogP contribution in [0, 0.1) is 12.7 Å². The Labute approximate surface area is 225 Å². The number of para-hydroxylation sites is 1. The first-order valence-electron chi connectivity index (χ1n) is 12.8. The Bertz CT molecular complexity index is 1790. The summed E-state index contributed by atoms with van der Waals surface area (Å²) in [5.74, 6) is 0.192. The van der Waals surface area contributed by atoms with E-state index < -0.39 is 0 Å². The van der Waals surface area contributed by atoms with Gasteiger partial charge in [0.15, 0.2) is 0 Å². The SMILES string of the molecule is COc1ccc(F)cc1-c1ncc(NC[C@H](N)Cc2c[nH]c3ccccc23)cc1-c1ccc2[nH]nc(C)c2c1. The van der Waals surface area contributed by atoms with Crippen LogP contribution in [0.25, 0.3) is 44.2 Å². The van der Waals surface area contributed by atoms with E-state index in [1.54, 1.807) is 19.4 Å². The quantitative estimate of drug-likeness (QED) is 0.191. The van der Waals surface area contributed by atoms with Gasteiger partial charge in [-0.2, -0.15) is 5.10 Å². The van der Waals surface area contributed by atoms with Gasteiger partial charge in [0.25, 0.3) is 0 Å². The van der Waals surface area contributed by atoms with E-state index in [0.717, 1.165) is 45.3 Å². The summed E-state index contributed by atoms with van der Waals surface area (Å²) in [5.41, 5.74) is 14.5. The van der Waals surface area contributed by atoms with Crippen LogP contribution in [-0.2, 0) is 6.42 Å². The van der Waals surface area contributed by atoms with Gasteiger partial charge in [-0.05, 0) is 66.9 Å². The van der Waals surface area contributed by atoms with Crippen LogP contribution in [-0.4, -0.2) is 39.9 Å². The van der Waals surface area contributed by atoms with Crippen molar-refractivity contribution < 1.29 is 9.13 Å². The van der Waals surface area contributed by atoms with Crippen LogP contribution >= 0.6 is 0 Å². The lowest BCUT2D eigenvalue weighted by molar-refractivity contribution is 0.415. The molecule has 6 rings (SSSR count). The zero-order chi connectivity index (χ0) is 26.9. The van der Waals surface area contributed by atoms with Crippen molar-refractivity contribution in [2.45, 2.75) is 19.4 Å². The highest BCUT2D eigenvalue weighted by atomic mass is 19.1. The molecule has 0 aliphatic heterocycles. The second-order valence-corrected chi connectivity index (χ2v) is 9.74. The Morgan fingerprint density at radius 2 is 1.87 bits per heavy atom. The fourth-order valence-corrected chi connectivity index (χ4v) is 5.08. The zero-order valence-corrected chi connectivity index (χ0v) is 21.8. The summed E-state index contributed by atoms with van der Waals surface area (Å²) in [6.07, 6.45) is 4.51. The van der Waals surface area contributed by atoms with Gasteiger partial charge in [-0.25, -0.2) is 4.39 Å². The van der Waals surface area contributed by atoms with Crippen molar-refractivity contribution in [1.29, 1.82) is 0 Å². The van der Waals surface area contributed by atoms with E-state index in [9.17, 15) is 4.39 Å². The smallest absolute Gasteiger partial charge is 0.128 e. The lowest BCUT2D eigenvalue weighted by atomic mass is 9.97. The molecule has 0 spiro atoms. The molecule has 0 aliphatic rings. The molecule has 0 saturated carbocycles. The fraction of sp³-hybridized carbons (Fsp3) is 0.161. The van der Waals surface area contributed by atoms with Crippen LogP contribution in [0.5, 0.6) is 5.75 Å². The Morgan fingerprint density at radius 1 is 1.00 bits per heavy atom. The number of hydrogen-bond acceptors (Lipinski definition) is 5. The number of pyridine rings is 1. The average Bonchev–Trinajstić information content (AvgIpc) is 3.54. The van der Waals surface area contributed by atoms with E-state index in [0.29, 0.717) is 23.6 Å². The van der Waals surface area contributed by atoms with Crippen molar-refractivity contribution >= 4 is 27.5 Å². The van der Waals surface area contributed by atoms with Gasteiger partial charge in [0.2, 0.25) is 0 Å². The number of H-pyrrole nitrogens is 2. The van der Waals surface area contributed by atoms with Gasteiger partial charge in [-0.3, -0.25) is 10.1 Å². The number of fused-ring (bicyclic) bond motifs is 2. The molecule has 0 bridgehead atoms. The number of aromatic nitrogens is 4. The number of hydrogen-bond donors (Lipinski definition) is 4. The third-order valence-electron chi connectivity index (χ3n) is 7.09. The molecule has 5 N–H and O–H groups in total. The second kappa shape index (κ2) is 10.2. The number of nitrogens with one attached hydrogen (secondary N) is 3. The third kappa shape index (κ3) is 4.82. The second-order valence-electron chi connectivity index (χ2n) is 9.74. The minimum atomic E-state index is -0.356. The zero-order valence-electron chi connectivity index (χ0n) is 21.8. The van der Waals surface area contributed by atoms with Crippen LogP contribution in [0.4, 0.5) is 10.1 Å². The molecule has 0 unspecified atom stereocenters. The molecular weight excluding hydrogens is 491 g/mol. The molecule has 0 radical (unpaired) electrons. The Hall–Kier alpha value is -4.69. The molecule has 0 fully saturated rings. The van der Waals surface area contributed by atoms with Crippen LogP contribution < -0.4 is 15.8 Å². The van der Waals surface area contributed by atoms with Crippen LogP contribution in [0.15, 0.2) is 79.1 Å². The highest BCUT2D eigenvalue weighted by Crippen LogP contribution is 2.38. The molecule has 3 aromatic carbocycles. The summed E-state index contributed by atoms with van der Waals surface area (Å²) in [6.45, 7) is 2.52. The molecule has 39 heavy (non-hydrogen) atoms. The van der Waals surface area contributed by atoms with Crippen molar-refractivity contribution in [3.63, 3.8) is 0 Å². The number of anilines is 1. The number of nitrogens with zero attached hydrogens (tertiary/aromatic N) is 2. The Balaban J connectivity index is 1.33. The molecule has 7 nitrogen and oxygen atoms in total. The number of nitrogens with two attached hydrogens (primary N) is 1. The number of benzene rings is 3. The maximum absolute atomic E-state index is 14.3. The molecule has 0 aliphatic carbocycles. The molecule has 8 heteroatoms. The summed E-state index contributed by atoms with van der Waals surface area (Å²) < 4.78 is 19.9. The molecule has 1 atom stereocenters. The van der Waals surface area contributed by atoms with E-state index in [-0.39, 0.29) is 11.9 Å². The number of methoxy groups -OCH3 is 1. The van der Waals surface area contributed by atoms with Crippen molar-refractivity contribution in [2.24, 2.45) is 5.73 Å². The summed E-state index contributed by atoms with van der Waals surface area (Å²) >= 11 is 0. The number of rotatable bonds is 8. The summed E-state index contributed by atoms with van der Waals surface area (Å²) in [4.78, 5) is 8.09. The highest BCUT2D eigenvalue weighted by Gasteiger charge is 2.17. The summed E-state index contributed by atoms with van der Waals surface area (Å²) in [5, 5.41) is 13.0. The largest absolute Gasteiger partial charge is 0.496 e. The Morgan fingerprint density at radius 3 is 2.74 bits per heavy atom. The Kier molecular flexibility index (Phi) is 6.46. The summed E-state index contributed by atoms with van der Waals surface area (Å²) in [6, 6.07) is 20.7. The first-order chi connectivity index (χ1) is 19.0. The van der Waals surface area contributed by atoms with Gasteiger partial charge >= 0.3 is 0 Å². The number of aryl methyl sites for hydroxylation is 1. The van der Waals surface area contributed by atoms with E-state index in [1.165, 1.54) is 23.1 Å². The molecule has 6 aromatic rings. The molecule has 196 valence electrons. The monoisotopic (exact) mass is 520 g/mol. The van der Waals surface area contributed by atoms with Gasteiger partial charge in [0.1, 0.15) is 11.6 Å². The molecule has 3 heterocycles. The van der Waals surface area contributed by atoms with E-state index >= 15 is 0 Å². The number of ether oxygens (including phenoxy) is 1. The normalized spacial score (nSPS) is 12.2. The van der Waals surface area contributed by atoms with Crippen molar-refractivity contribution in [2.75, 3.05) is 19.0 Å². The minimum absolute atomic E-state index is 0.111. The third-order valence-corrected chi connectivity index (χ3v) is 7.09. The maximum atomic E-state index is 14.3. The van der Waals surface area contributed by atoms with E-state index in [4.69, 9.17) is 15.5 Å². The standard InChI is InChI=1S/C31H29FN6O/c1-18-25-12-19(7-9-29(25)38-37-18)26-14-23(17-36-31(26)27-13-21(32)8-10-30(27)39-2)34-16-22(33)11-20-15-35-28-6-4-3-5-24(20)28/h3-10,12-15,17,22,34-35H,11,16,33H2,1-2H3,(H,37,38)/t22-/m1/s1. The highest BCUT2D eigenvalue weighted by molar-refractivity contribution is 5.91. The molecule has 3 aromatic heterocycles. The summed E-state index contributed by atoms with van der Waals surface area (Å²) in [7, 11) is 1.57. The van der Waals surface area contributed by atoms with Crippen LogP contribution in [0.3, 0.4) is 0 Å². The minimum Gasteiger partial charge on any atom is -0.496 e. The van der Waals surface area contributed by atoms with E-state index in [2.05, 4.69) is 38.7 Å². The van der Waals surface area contributed by atoms with Crippen molar-refractivity contribution in [3.8, 4) is 28.1 Å². The molecular formula is C31H29FN6O. The predicted octanol–water partition coefficient (Wildman–Crippen LogP) is 6.21. The first kappa shape index (κ1) is 24.6. The molecule has 0 amide bonds. The first-order valence-corrected chi connectivity index (χ1v) is 12.8. The predicted molar refractivity (Wildman–Crippen MR) is 154 cm³/mol. The van der Waals surface area contributed by atoms with Crippen molar-refractivity contribution in [1.82, 2.24) is 20.2 Å². The van der Waals surface area contributed by atoms with Gasteiger partial charge in [0.05, 0.1) is 35.9 Å². The van der Waals surface area contributed by atoms with Gasteiger partial charge in [0, 0.05) is 46.2 Å². The fourth-order valence-electron chi connectivity index (χ4n) is 5.08. The van der Waals surface area contributed by atoms with Crippen LogP contribution in [0.2, 0.25) is 0 Å². The maximum Gasteiger partial charge on any atom is 0.128 e. The van der Waals surface area contributed by atoms with Gasteiger partial charge < -0.3 is 20.8 Å². The van der Waals surface area contributed by atoms with Crippen LogP contribution in [0.1, 0.15) is 11.3 Å². The lowest BCUT2D eigenvalue weighted by Gasteiger charge is -2.17. The lowest BCUT2D eigenvalue weighted by Crippen LogP contribution is -2.31. The van der Waals surface area contributed by atoms with Crippen molar-refractivity contribution in [3.05, 3.63) is 96.2 Å². The van der Waals surface area contributed by atoms with Gasteiger partial charge in [-0.1, -0.05) is 24.3 Å². The molecule has 0 saturated heterocycles.